The minimum Gasteiger partial charge on any atom is -0.365 e. The van der Waals surface area contributed by atoms with Gasteiger partial charge in [0.05, 0.1) is 29.7 Å². The molecular weight excluding hydrogens is 409 g/mol. The number of ether oxygens (including phenoxy) is 1. The van der Waals surface area contributed by atoms with E-state index in [1.54, 1.807) is 0 Å². The summed E-state index contributed by atoms with van der Waals surface area (Å²) in [5, 5.41) is 0. The van der Waals surface area contributed by atoms with Gasteiger partial charge in [-0.25, -0.2) is 13.8 Å². The summed E-state index contributed by atoms with van der Waals surface area (Å²) in [5.74, 6) is -0.669. The maximum Gasteiger partial charge on any atom is 0.416 e. The number of H-pyrrole nitrogens is 1. The normalized spacial score (nSPS) is 19.6. The molecule has 0 spiro atoms. The molecule has 10 heteroatoms. The van der Waals surface area contributed by atoms with Crippen LogP contribution in [0.25, 0.3) is 11.0 Å². The Morgan fingerprint density at radius 2 is 1.90 bits per heavy atom. The molecule has 30 heavy (non-hydrogen) atoms. The van der Waals surface area contributed by atoms with E-state index in [1.807, 2.05) is 0 Å². The number of hydrogen-bond acceptors (Lipinski definition) is 3. The second kappa shape index (κ2) is 7.67. The van der Waals surface area contributed by atoms with Gasteiger partial charge in [-0.2, -0.15) is 13.2 Å². The summed E-state index contributed by atoms with van der Waals surface area (Å²) < 4.78 is 71.3. The molecule has 1 aliphatic rings. The van der Waals surface area contributed by atoms with Crippen LogP contribution < -0.4 is 0 Å². The summed E-state index contributed by atoms with van der Waals surface area (Å²) in [6, 6.07) is 8.07. The van der Waals surface area contributed by atoms with Crippen LogP contribution >= 0.6 is 0 Å². The van der Waals surface area contributed by atoms with Crippen LogP contribution in [0.5, 0.6) is 0 Å². The molecule has 1 aromatic heterocycles. The minimum absolute atomic E-state index is 0.00414. The van der Waals surface area contributed by atoms with Crippen molar-refractivity contribution < 1.29 is 31.5 Å². The molecule has 4 rings (SSSR count). The number of benzene rings is 2. The van der Waals surface area contributed by atoms with Crippen molar-refractivity contribution in [2.75, 3.05) is 13.1 Å². The molecule has 0 radical (unpaired) electrons. The molecule has 0 unspecified atom stereocenters. The second-order valence-electron chi connectivity index (χ2n) is 7.00. The molecule has 0 saturated carbocycles. The lowest BCUT2D eigenvalue weighted by Gasteiger charge is -2.16. The third-order valence-corrected chi connectivity index (χ3v) is 4.87. The molecule has 0 bridgehead atoms. The average molecular weight is 425 g/mol. The molecule has 2 atom stereocenters. The maximum absolute atomic E-state index is 14.3. The maximum atomic E-state index is 14.3. The molecule has 2 heterocycles. The number of amides is 1. The Hall–Kier alpha value is -3.01. The van der Waals surface area contributed by atoms with Gasteiger partial charge in [-0.15, -0.1) is 0 Å². The first-order valence-corrected chi connectivity index (χ1v) is 9.07. The number of carbonyl (C=O) groups is 1. The third-order valence-electron chi connectivity index (χ3n) is 4.87. The predicted octanol–water partition coefficient (Wildman–Crippen LogP) is 4.10. The highest BCUT2D eigenvalue weighted by Gasteiger charge is 2.37. The lowest BCUT2D eigenvalue weighted by atomic mass is 10.2. The van der Waals surface area contributed by atoms with Gasteiger partial charge in [-0.05, 0) is 42.5 Å². The summed E-state index contributed by atoms with van der Waals surface area (Å²) >= 11 is 0. The minimum atomic E-state index is -4.47. The molecule has 1 N–H and O–H groups in total. The predicted molar refractivity (Wildman–Crippen MR) is 96.9 cm³/mol. The summed E-state index contributed by atoms with van der Waals surface area (Å²) in [7, 11) is 0. The van der Waals surface area contributed by atoms with Gasteiger partial charge in [0.25, 0.3) is 5.91 Å². The number of aromatic amines is 1. The highest BCUT2D eigenvalue weighted by Crippen LogP contribution is 2.31. The number of imidazole rings is 1. The van der Waals surface area contributed by atoms with Crippen LogP contribution in [0.15, 0.2) is 42.5 Å². The lowest BCUT2D eigenvalue weighted by Crippen LogP contribution is -2.30. The summed E-state index contributed by atoms with van der Waals surface area (Å²) in [4.78, 5) is 20.6. The van der Waals surface area contributed by atoms with E-state index in [0.717, 1.165) is 24.3 Å². The van der Waals surface area contributed by atoms with Gasteiger partial charge in [-0.1, -0.05) is 0 Å². The van der Waals surface area contributed by atoms with Gasteiger partial charge in [0.2, 0.25) is 0 Å². The number of halogens is 5. The van der Waals surface area contributed by atoms with Crippen LogP contribution in [-0.4, -0.2) is 46.1 Å². The van der Waals surface area contributed by atoms with Gasteiger partial charge in [0.1, 0.15) is 30.5 Å². The van der Waals surface area contributed by atoms with Crippen LogP contribution in [0.4, 0.5) is 22.0 Å². The van der Waals surface area contributed by atoms with Crippen LogP contribution in [0.1, 0.15) is 21.7 Å². The Kier molecular flexibility index (Phi) is 5.19. The fraction of sp³-hybridized carbons (Fsp3) is 0.300. The second-order valence-corrected chi connectivity index (χ2v) is 7.00. The molecular formula is C20H16F5N3O2. The van der Waals surface area contributed by atoms with Crippen LogP contribution in [-0.2, 0) is 17.5 Å². The van der Waals surface area contributed by atoms with E-state index in [1.165, 1.54) is 23.1 Å². The van der Waals surface area contributed by atoms with Crippen LogP contribution in [0.3, 0.4) is 0 Å². The van der Waals surface area contributed by atoms with Crippen molar-refractivity contribution in [1.29, 1.82) is 0 Å². The Labute approximate surface area is 167 Å². The molecule has 2 aromatic carbocycles. The van der Waals surface area contributed by atoms with E-state index in [9.17, 15) is 26.7 Å². The highest BCUT2D eigenvalue weighted by atomic mass is 19.4. The molecule has 1 amide bonds. The van der Waals surface area contributed by atoms with E-state index < -0.39 is 35.7 Å². The number of nitrogens with one attached hydrogen (secondary N) is 1. The number of nitrogens with zero attached hydrogens (tertiary/aromatic N) is 2. The number of likely N-dealkylation sites (tertiary alicyclic amines) is 1. The van der Waals surface area contributed by atoms with E-state index in [-0.39, 0.29) is 36.6 Å². The van der Waals surface area contributed by atoms with Crippen LogP contribution in [0, 0.1) is 5.82 Å². The quantitative estimate of drug-likeness (QED) is 0.641. The standard InChI is InChI=1S/C20H16F5N3O2/c21-13-4-1-11(2-5-13)19(29)28-8-14(22)17(9-28)30-10-18-26-15-6-3-12(20(23,24)25)7-16(15)27-18/h1-7,14,17H,8-10H2,(H,26,27)/t14-,17+/m1/s1. The van der Waals surface area contributed by atoms with E-state index in [2.05, 4.69) is 9.97 Å². The van der Waals surface area contributed by atoms with Gasteiger partial charge in [0.15, 0.2) is 0 Å². The first kappa shape index (κ1) is 20.3. The Morgan fingerprint density at radius 3 is 2.60 bits per heavy atom. The van der Waals surface area contributed by atoms with Crippen molar-refractivity contribution in [3.8, 4) is 0 Å². The highest BCUT2D eigenvalue weighted by molar-refractivity contribution is 5.94. The fourth-order valence-corrected chi connectivity index (χ4v) is 3.33. The zero-order valence-electron chi connectivity index (χ0n) is 15.4. The number of carbonyl (C=O) groups excluding carboxylic acids is 1. The SMILES string of the molecule is O=C(c1ccc(F)cc1)N1C[C@@H](F)[C@@H](OCc2nc3ccc(C(F)(F)F)cc3[nH]2)C1. The van der Waals surface area contributed by atoms with Crippen molar-refractivity contribution >= 4 is 16.9 Å². The molecule has 1 fully saturated rings. The molecule has 1 aliphatic heterocycles. The summed E-state index contributed by atoms with van der Waals surface area (Å²) in [6.45, 7) is -0.328. The first-order chi connectivity index (χ1) is 14.2. The number of rotatable bonds is 4. The first-order valence-electron chi connectivity index (χ1n) is 9.07. The number of alkyl halides is 4. The zero-order chi connectivity index (χ0) is 21.5. The number of fused-ring (bicyclic) bond motifs is 1. The lowest BCUT2D eigenvalue weighted by molar-refractivity contribution is -0.137. The smallest absolute Gasteiger partial charge is 0.365 e. The van der Waals surface area contributed by atoms with E-state index in [4.69, 9.17) is 4.74 Å². The van der Waals surface area contributed by atoms with Gasteiger partial charge >= 0.3 is 6.18 Å². The van der Waals surface area contributed by atoms with Crippen molar-refractivity contribution in [2.45, 2.75) is 25.1 Å². The zero-order valence-corrected chi connectivity index (χ0v) is 15.4. The molecule has 0 aliphatic carbocycles. The number of aromatic nitrogens is 2. The Morgan fingerprint density at radius 1 is 1.17 bits per heavy atom. The van der Waals surface area contributed by atoms with Crippen LogP contribution in [0.2, 0.25) is 0 Å². The summed E-state index contributed by atoms with van der Waals surface area (Å²) in [6.07, 6.45) is -6.81. The van der Waals surface area contributed by atoms with Crippen molar-refractivity contribution in [2.24, 2.45) is 0 Å². The number of hydrogen-bond donors (Lipinski definition) is 1. The monoisotopic (exact) mass is 425 g/mol. The van der Waals surface area contributed by atoms with E-state index in [0.29, 0.717) is 5.52 Å². The van der Waals surface area contributed by atoms with Crippen molar-refractivity contribution in [3.63, 3.8) is 0 Å². The Balaban J connectivity index is 1.40. The van der Waals surface area contributed by atoms with Crippen molar-refractivity contribution in [3.05, 3.63) is 65.2 Å². The molecule has 3 aromatic rings. The third kappa shape index (κ3) is 4.13. The molecule has 5 nitrogen and oxygen atoms in total. The largest absolute Gasteiger partial charge is 0.416 e. The average Bonchev–Trinajstić information content (AvgIpc) is 3.28. The Bertz CT molecular complexity index is 1060. The van der Waals surface area contributed by atoms with Gasteiger partial charge < -0.3 is 14.6 Å². The van der Waals surface area contributed by atoms with Gasteiger partial charge in [-0.3, -0.25) is 4.79 Å². The summed E-state index contributed by atoms with van der Waals surface area (Å²) in [5.41, 5.74) is -0.0413. The molecule has 1 saturated heterocycles. The van der Waals surface area contributed by atoms with Crippen molar-refractivity contribution in [1.82, 2.24) is 14.9 Å². The fourth-order valence-electron chi connectivity index (χ4n) is 3.33. The topological polar surface area (TPSA) is 58.2 Å². The van der Waals surface area contributed by atoms with E-state index >= 15 is 0 Å². The van der Waals surface area contributed by atoms with Gasteiger partial charge in [0, 0.05) is 5.56 Å². The molecule has 158 valence electrons.